The summed E-state index contributed by atoms with van der Waals surface area (Å²) in [6.45, 7) is 2.05. The summed E-state index contributed by atoms with van der Waals surface area (Å²) in [6, 6.07) is 9.92. The van der Waals surface area contributed by atoms with Crippen LogP contribution in [0.15, 0.2) is 42.5 Å². The van der Waals surface area contributed by atoms with Crippen molar-refractivity contribution in [2.75, 3.05) is 12.1 Å². The fourth-order valence-corrected chi connectivity index (χ4v) is 2.80. The highest BCUT2D eigenvalue weighted by atomic mass is 19.1. The van der Waals surface area contributed by atoms with Crippen LogP contribution < -0.4 is 20.1 Å². The number of fused-ring (bicyclic) bond motifs is 1. The lowest BCUT2D eigenvalue weighted by atomic mass is 10.2. The molecule has 3 aromatic rings. The molecule has 1 aliphatic heterocycles. The maximum atomic E-state index is 13.9. The summed E-state index contributed by atoms with van der Waals surface area (Å²) in [5.41, 5.74) is 0.986. The van der Waals surface area contributed by atoms with Gasteiger partial charge in [0.2, 0.25) is 6.79 Å². The Labute approximate surface area is 164 Å². The number of anilines is 2. The van der Waals surface area contributed by atoms with Gasteiger partial charge in [0.25, 0.3) is 5.91 Å². The van der Waals surface area contributed by atoms with E-state index >= 15 is 0 Å². The minimum Gasteiger partial charge on any atom is -0.454 e. The lowest BCUT2D eigenvalue weighted by Crippen LogP contribution is -2.24. The van der Waals surface area contributed by atoms with Crippen LogP contribution in [-0.2, 0) is 6.54 Å². The molecule has 2 heterocycles. The Balaban J connectivity index is 1.47. The van der Waals surface area contributed by atoms with Gasteiger partial charge < -0.3 is 20.1 Å². The van der Waals surface area contributed by atoms with Gasteiger partial charge in [-0.3, -0.25) is 4.79 Å². The molecule has 1 amide bonds. The maximum Gasteiger partial charge on any atom is 0.270 e. The SMILES string of the molecule is Cc1nc(Nc2ccc(F)cc2F)cc(C(=O)NCc2ccc3c(c2)OCO3)n1. The molecule has 2 N–H and O–H groups in total. The first-order valence-electron chi connectivity index (χ1n) is 8.72. The molecule has 9 heteroatoms. The van der Waals surface area contributed by atoms with Crippen LogP contribution in [0.5, 0.6) is 11.5 Å². The van der Waals surface area contributed by atoms with Crippen LogP contribution in [0.3, 0.4) is 0 Å². The second kappa shape index (κ2) is 7.70. The van der Waals surface area contributed by atoms with Gasteiger partial charge in [-0.15, -0.1) is 0 Å². The highest BCUT2D eigenvalue weighted by molar-refractivity contribution is 5.93. The molecule has 4 rings (SSSR count). The number of nitrogens with one attached hydrogen (secondary N) is 2. The number of nitrogens with zero attached hydrogens (tertiary/aromatic N) is 2. The molecule has 29 heavy (non-hydrogen) atoms. The molecule has 1 aliphatic rings. The summed E-state index contributed by atoms with van der Waals surface area (Å²) in [5.74, 6) is -0.0407. The van der Waals surface area contributed by atoms with Crippen molar-refractivity contribution in [3.05, 3.63) is 71.2 Å². The number of halogens is 2. The summed E-state index contributed by atoms with van der Waals surface area (Å²) in [4.78, 5) is 20.8. The first-order valence-corrected chi connectivity index (χ1v) is 8.72. The van der Waals surface area contributed by atoms with E-state index < -0.39 is 17.5 Å². The Morgan fingerprint density at radius 2 is 1.90 bits per heavy atom. The second-order valence-corrected chi connectivity index (χ2v) is 6.31. The van der Waals surface area contributed by atoms with E-state index in [-0.39, 0.29) is 30.5 Å². The van der Waals surface area contributed by atoms with Gasteiger partial charge >= 0.3 is 0 Å². The van der Waals surface area contributed by atoms with E-state index in [4.69, 9.17) is 9.47 Å². The summed E-state index contributed by atoms with van der Waals surface area (Å²) < 4.78 is 37.5. The topological polar surface area (TPSA) is 85.4 Å². The Bertz CT molecular complexity index is 1090. The summed E-state index contributed by atoms with van der Waals surface area (Å²) in [6.07, 6.45) is 0. The molecule has 1 aromatic heterocycles. The van der Waals surface area contributed by atoms with E-state index in [9.17, 15) is 13.6 Å². The minimum atomic E-state index is -0.768. The molecule has 0 aliphatic carbocycles. The second-order valence-electron chi connectivity index (χ2n) is 6.31. The Kier molecular flexibility index (Phi) is 4.94. The van der Waals surface area contributed by atoms with Gasteiger partial charge in [-0.05, 0) is 36.8 Å². The molecule has 0 spiro atoms. The zero-order valence-electron chi connectivity index (χ0n) is 15.3. The first-order chi connectivity index (χ1) is 14.0. The van der Waals surface area contributed by atoms with Gasteiger partial charge in [-0.2, -0.15) is 0 Å². The van der Waals surface area contributed by atoms with Crippen molar-refractivity contribution in [2.45, 2.75) is 13.5 Å². The van der Waals surface area contributed by atoms with Crippen LogP contribution in [0.25, 0.3) is 0 Å². The number of ether oxygens (including phenoxy) is 2. The van der Waals surface area contributed by atoms with Crippen molar-refractivity contribution >= 4 is 17.4 Å². The molecule has 0 bridgehead atoms. The minimum absolute atomic E-state index is 0.0382. The van der Waals surface area contributed by atoms with Crippen LogP contribution in [0, 0.1) is 18.6 Å². The average Bonchev–Trinajstić information content (AvgIpc) is 3.15. The van der Waals surface area contributed by atoms with Gasteiger partial charge in [0.05, 0.1) is 5.69 Å². The van der Waals surface area contributed by atoms with Crippen LogP contribution in [0.4, 0.5) is 20.3 Å². The van der Waals surface area contributed by atoms with Gasteiger partial charge in [0.1, 0.15) is 29.0 Å². The lowest BCUT2D eigenvalue weighted by molar-refractivity contribution is 0.0945. The molecule has 0 unspecified atom stereocenters. The van der Waals surface area contributed by atoms with Gasteiger partial charge in [-0.1, -0.05) is 6.07 Å². The summed E-state index contributed by atoms with van der Waals surface area (Å²) in [7, 11) is 0. The molecule has 0 radical (unpaired) electrons. The predicted octanol–water partition coefficient (Wildman–Crippen LogP) is 3.47. The Morgan fingerprint density at radius 1 is 1.07 bits per heavy atom. The number of aryl methyl sites for hydroxylation is 1. The summed E-state index contributed by atoms with van der Waals surface area (Å²) in [5, 5.41) is 5.50. The smallest absolute Gasteiger partial charge is 0.270 e. The monoisotopic (exact) mass is 398 g/mol. The highest BCUT2D eigenvalue weighted by Crippen LogP contribution is 2.32. The van der Waals surface area contributed by atoms with Crippen LogP contribution >= 0.6 is 0 Å². The molecule has 0 saturated carbocycles. The Hall–Kier alpha value is -3.75. The fraction of sp³-hybridized carbons (Fsp3) is 0.150. The van der Waals surface area contributed by atoms with E-state index in [1.54, 1.807) is 19.1 Å². The predicted molar refractivity (Wildman–Crippen MR) is 100 cm³/mol. The quantitative estimate of drug-likeness (QED) is 0.685. The molecular weight excluding hydrogens is 382 g/mol. The van der Waals surface area contributed by atoms with E-state index in [0.29, 0.717) is 17.3 Å². The highest BCUT2D eigenvalue weighted by Gasteiger charge is 2.15. The number of hydrogen-bond acceptors (Lipinski definition) is 6. The standard InChI is InChI=1S/C20H16F2N4O3/c1-11-24-16(8-19(25-11)26-15-4-3-13(21)7-14(15)22)20(27)23-9-12-2-5-17-18(6-12)29-10-28-17/h2-8H,9-10H2,1H3,(H,23,27)(H,24,25,26). The number of hydrogen-bond donors (Lipinski definition) is 2. The van der Waals surface area contributed by atoms with E-state index in [1.807, 2.05) is 6.07 Å². The normalized spacial score (nSPS) is 12.0. The van der Waals surface area contributed by atoms with Crippen molar-refractivity contribution in [1.29, 1.82) is 0 Å². The molecule has 0 atom stereocenters. The fourth-order valence-electron chi connectivity index (χ4n) is 2.80. The molecule has 0 saturated heterocycles. The first kappa shape index (κ1) is 18.6. The van der Waals surface area contributed by atoms with Gasteiger partial charge in [-0.25, -0.2) is 18.7 Å². The van der Waals surface area contributed by atoms with Crippen LogP contribution in [0.2, 0.25) is 0 Å². The van der Waals surface area contributed by atoms with E-state index in [2.05, 4.69) is 20.6 Å². The largest absolute Gasteiger partial charge is 0.454 e. The van der Waals surface area contributed by atoms with Gasteiger partial charge in [0.15, 0.2) is 11.5 Å². The third-order valence-corrected chi connectivity index (χ3v) is 4.15. The molecule has 2 aromatic carbocycles. The number of rotatable bonds is 5. The van der Waals surface area contributed by atoms with Crippen molar-refractivity contribution < 1.29 is 23.0 Å². The molecular formula is C20H16F2N4O3. The number of carbonyl (C=O) groups is 1. The maximum absolute atomic E-state index is 13.9. The van der Waals surface area contributed by atoms with E-state index in [1.165, 1.54) is 12.1 Å². The van der Waals surface area contributed by atoms with Crippen molar-refractivity contribution in [3.63, 3.8) is 0 Å². The zero-order valence-corrected chi connectivity index (χ0v) is 15.3. The van der Waals surface area contributed by atoms with Gasteiger partial charge in [0, 0.05) is 18.7 Å². The van der Waals surface area contributed by atoms with Crippen LogP contribution in [-0.4, -0.2) is 22.7 Å². The number of benzene rings is 2. The summed E-state index contributed by atoms with van der Waals surface area (Å²) >= 11 is 0. The van der Waals surface area contributed by atoms with Crippen molar-refractivity contribution in [1.82, 2.24) is 15.3 Å². The Morgan fingerprint density at radius 3 is 2.72 bits per heavy atom. The molecule has 0 fully saturated rings. The third-order valence-electron chi connectivity index (χ3n) is 4.15. The number of amides is 1. The van der Waals surface area contributed by atoms with Crippen molar-refractivity contribution in [3.8, 4) is 11.5 Å². The average molecular weight is 398 g/mol. The lowest BCUT2D eigenvalue weighted by Gasteiger charge is -2.10. The van der Waals surface area contributed by atoms with E-state index in [0.717, 1.165) is 17.7 Å². The number of carbonyl (C=O) groups excluding carboxylic acids is 1. The zero-order chi connectivity index (χ0) is 20.4. The molecule has 7 nitrogen and oxygen atoms in total. The number of aromatic nitrogens is 2. The molecule has 148 valence electrons. The van der Waals surface area contributed by atoms with Crippen molar-refractivity contribution in [2.24, 2.45) is 0 Å². The third kappa shape index (κ3) is 4.23. The van der Waals surface area contributed by atoms with Crippen LogP contribution in [0.1, 0.15) is 21.9 Å².